The molecule has 4 rings (SSSR count). The molecular formula is C29H32F2N4O3. The molecule has 1 heterocycles. The molecule has 4 aromatic rings. The minimum Gasteiger partial charge on any atom is -0.390 e. The molecule has 7 nitrogen and oxygen atoms in total. The SMILES string of the molecule is CCc1cccc(CNCC(O)C(Cc2cc(F)cc(F)c2)NC(=O)CC(O)c2nc3ccccc3[nH]2)c1. The molecule has 0 radical (unpaired) electrons. The first kappa shape index (κ1) is 27.4. The van der Waals surface area contributed by atoms with Gasteiger partial charge in [-0.3, -0.25) is 4.79 Å². The van der Waals surface area contributed by atoms with Gasteiger partial charge >= 0.3 is 0 Å². The summed E-state index contributed by atoms with van der Waals surface area (Å²) < 4.78 is 27.6. The molecule has 38 heavy (non-hydrogen) atoms. The van der Waals surface area contributed by atoms with Gasteiger partial charge in [0.1, 0.15) is 23.6 Å². The van der Waals surface area contributed by atoms with Crippen molar-refractivity contribution in [3.05, 3.63) is 101 Å². The molecule has 0 saturated heterocycles. The van der Waals surface area contributed by atoms with Crippen molar-refractivity contribution in [3.8, 4) is 0 Å². The highest BCUT2D eigenvalue weighted by Gasteiger charge is 2.25. The molecule has 0 aliphatic heterocycles. The molecule has 5 N–H and O–H groups in total. The van der Waals surface area contributed by atoms with Crippen LogP contribution in [0.4, 0.5) is 8.78 Å². The lowest BCUT2D eigenvalue weighted by Gasteiger charge is -2.25. The highest BCUT2D eigenvalue weighted by Crippen LogP contribution is 2.19. The van der Waals surface area contributed by atoms with Crippen LogP contribution in [0.3, 0.4) is 0 Å². The first-order valence-electron chi connectivity index (χ1n) is 12.6. The number of hydrogen-bond acceptors (Lipinski definition) is 5. The van der Waals surface area contributed by atoms with Crippen molar-refractivity contribution in [2.75, 3.05) is 6.54 Å². The molecule has 3 aromatic carbocycles. The predicted octanol–water partition coefficient (Wildman–Crippen LogP) is 3.71. The van der Waals surface area contributed by atoms with Crippen molar-refractivity contribution in [2.24, 2.45) is 0 Å². The summed E-state index contributed by atoms with van der Waals surface area (Å²) in [5.74, 6) is -1.77. The van der Waals surface area contributed by atoms with E-state index < -0.39 is 35.8 Å². The van der Waals surface area contributed by atoms with Gasteiger partial charge in [0.25, 0.3) is 0 Å². The number of para-hydroxylation sites is 2. The zero-order chi connectivity index (χ0) is 27.1. The van der Waals surface area contributed by atoms with Crippen LogP contribution in [0.2, 0.25) is 0 Å². The van der Waals surface area contributed by atoms with Crippen LogP contribution >= 0.6 is 0 Å². The molecule has 0 aliphatic carbocycles. The monoisotopic (exact) mass is 522 g/mol. The Kier molecular flexibility index (Phi) is 9.17. The number of rotatable bonds is 12. The van der Waals surface area contributed by atoms with Crippen molar-refractivity contribution in [1.29, 1.82) is 0 Å². The quantitative estimate of drug-likeness (QED) is 0.195. The van der Waals surface area contributed by atoms with Gasteiger partial charge in [0.2, 0.25) is 5.91 Å². The third-order valence-corrected chi connectivity index (χ3v) is 6.37. The summed E-state index contributed by atoms with van der Waals surface area (Å²) in [5.41, 5.74) is 3.95. The summed E-state index contributed by atoms with van der Waals surface area (Å²) in [4.78, 5) is 20.2. The fourth-order valence-electron chi connectivity index (χ4n) is 4.40. The number of nitrogens with one attached hydrogen (secondary N) is 3. The molecule has 0 saturated carbocycles. The summed E-state index contributed by atoms with van der Waals surface area (Å²) in [7, 11) is 0. The predicted molar refractivity (Wildman–Crippen MR) is 141 cm³/mol. The first-order chi connectivity index (χ1) is 18.3. The van der Waals surface area contributed by atoms with Gasteiger partial charge in [0, 0.05) is 19.2 Å². The van der Waals surface area contributed by atoms with Crippen LogP contribution in [0.5, 0.6) is 0 Å². The van der Waals surface area contributed by atoms with Crippen LogP contribution in [0.25, 0.3) is 11.0 Å². The fourth-order valence-corrected chi connectivity index (χ4v) is 4.40. The number of hydrogen-bond donors (Lipinski definition) is 5. The standard InChI is InChI=1S/C29H32F2N4O3/c1-2-18-6-5-7-19(10-18)16-32-17-27(37)25(13-20-11-21(30)14-22(31)12-20)33-28(38)15-26(36)29-34-23-8-3-4-9-24(23)35-29/h3-12,14,25-27,32,36-37H,2,13,15-17H2,1H3,(H,33,38)(H,34,35). The van der Waals surface area contributed by atoms with Crippen LogP contribution in [0.1, 0.15) is 42.0 Å². The van der Waals surface area contributed by atoms with E-state index in [4.69, 9.17) is 0 Å². The van der Waals surface area contributed by atoms with Gasteiger partial charge < -0.3 is 25.8 Å². The number of aromatic nitrogens is 2. The van der Waals surface area contributed by atoms with Crippen molar-refractivity contribution >= 4 is 16.9 Å². The Balaban J connectivity index is 1.41. The Morgan fingerprint density at radius 1 is 0.974 bits per heavy atom. The molecule has 1 aromatic heterocycles. The second kappa shape index (κ2) is 12.7. The van der Waals surface area contributed by atoms with E-state index in [9.17, 15) is 23.8 Å². The Hall–Kier alpha value is -3.66. The largest absolute Gasteiger partial charge is 0.390 e. The number of halogens is 2. The Morgan fingerprint density at radius 3 is 2.45 bits per heavy atom. The number of nitrogens with zero attached hydrogens (tertiary/aromatic N) is 1. The van der Waals surface area contributed by atoms with E-state index in [0.29, 0.717) is 17.6 Å². The summed E-state index contributed by atoms with van der Waals surface area (Å²) in [5, 5.41) is 27.4. The zero-order valence-electron chi connectivity index (χ0n) is 21.1. The topological polar surface area (TPSA) is 110 Å². The number of aliphatic hydroxyl groups is 2. The molecule has 0 fully saturated rings. The Labute approximate surface area is 219 Å². The number of aryl methyl sites for hydroxylation is 1. The van der Waals surface area contributed by atoms with Gasteiger partial charge in [-0.25, -0.2) is 13.8 Å². The van der Waals surface area contributed by atoms with E-state index in [0.717, 1.165) is 23.6 Å². The molecule has 3 atom stereocenters. The maximum absolute atomic E-state index is 13.8. The summed E-state index contributed by atoms with van der Waals surface area (Å²) in [6.07, 6.45) is -1.67. The average molecular weight is 523 g/mol. The molecule has 1 amide bonds. The lowest BCUT2D eigenvalue weighted by atomic mass is 10.00. The molecule has 200 valence electrons. The molecule has 0 aliphatic rings. The second-order valence-electron chi connectivity index (χ2n) is 9.39. The smallest absolute Gasteiger partial charge is 0.223 e. The van der Waals surface area contributed by atoms with Crippen LogP contribution in [0, 0.1) is 11.6 Å². The number of fused-ring (bicyclic) bond motifs is 1. The third kappa shape index (κ3) is 7.44. The Bertz CT molecular complexity index is 1320. The van der Waals surface area contributed by atoms with Crippen molar-refractivity contribution in [3.63, 3.8) is 0 Å². The maximum Gasteiger partial charge on any atom is 0.223 e. The van der Waals surface area contributed by atoms with Crippen LogP contribution in [0.15, 0.2) is 66.7 Å². The summed E-state index contributed by atoms with van der Waals surface area (Å²) in [6.45, 7) is 2.71. The van der Waals surface area contributed by atoms with E-state index in [2.05, 4.69) is 33.6 Å². The maximum atomic E-state index is 13.8. The lowest BCUT2D eigenvalue weighted by molar-refractivity contribution is -0.124. The van der Waals surface area contributed by atoms with Crippen molar-refractivity contribution in [1.82, 2.24) is 20.6 Å². The number of H-pyrrole nitrogens is 1. The second-order valence-corrected chi connectivity index (χ2v) is 9.39. The number of carbonyl (C=O) groups excluding carboxylic acids is 1. The van der Waals surface area contributed by atoms with E-state index in [1.54, 1.807) is 6.07 Å². The van der Waals surface area contributed by atoms with Gasteiger partial charge in [-0.1, -0.05) is 43.3 Å². The molecular weight excluding hydrogens is 490 g/mol. The summed E-state index contributed by atoms with van der Waals surface area (Å²) in [6, 6.07) is 17.6. The van der Waals surface area contributed by atoms with Gasteiger partial charge in [0.05, 0.1) is 29.6 Å². The van der Waals surface area contributed by atoms with E-state index in [-0.39, 0.29) is 25.2 Å². The highest BCUT2D eigenvalue weighted by molar-refractivity contribution is 5.78. The van der Waals surface area contributed by atoms with Crippen molar-refractivity contribution in [2.45, 2.75) is 51.0 Å². The molecule has 0 spiro atoms. The number of aromatic amines is 1. The van der Waals surface area contributed by atoms with Gasteiger partial charge in [-0.2, -0.15) is 0 Å². The van der Waals surface area contributed by atoms with Gasteiger partial charge in [-0.05, 0) is 53.8 Å². The molecule has 3 unspecified atom stereocenters. The molecule has 9 heteroatoms. The van der Waals surface area contributed by atoms with Crippen LogP contribution < -0.4 is 10.6 Å². The normalized spacial score (nSPS) is 13.8. The van der Waals surface area contributed by atoms with Crippen LogP contribution in [-0.4, -0.2) is 44.8 Å². The zero-order valence-corrected chi connectivity index (χ0v) is 21.1. The van der Waals surface area contributed by atoms with Crippen LogP contribution in [-0.2, 0) is 24.2 Å². The number of amides is 1. The van der Waals surface area contributed by atoms with E-state index >= 15 is 0 Å². The highest BCUT2D eigenvalue weighted by atomic mass is 19.1. The van der Waals surface area contributed by atoms with Gasteiger partial charge in [-0.15, -0.1) is 0 Å². The number of carbonyl (C=O) groups is 1. The van der Waals surface area contributed by atoms with E-state index in [1.165, 1.54) is 17.7 Å². The minimum absolute atomic E-state index is 0.00464. The number of benzene rings is 3. The number of aliphatic hydroxyl groups excluding tert-OH is 2. The first-order valence-corrected chi connectivity index (χ1v) is 12.6. The van der Waals surface area contributed by atoms with E-state index in [1.807, 2.05) is 36.4 Å². The fraction of sp³-hybridized carbons (Fsp3) is 0.310. The third-order valence-electron chi connectivity index (χ3n) is 6.37. The lowest BCUT2D eigenvalue weighted by Crippen LogP contribution is -2.49. The average Bonchev–Trinajstić information content (AvgIpc) is 3.32. The van der Waals surface area contributed by atoms with Crippen molar-refractivity contribution < 1.29 is 23.8 Å². The summed E-state index contributed by atoms with van der Waals surface area (Å²) >= 11 is 0. The molecule has 0 bridgehead atoms. The minimum atomic E-state index is -1.20. The Morgan fingerprint density at radius 2 is 1.71 bits per heavy atom. The van der Waals surface area contributed by atoms with Gasteiger partial charge in [0.15, 0.2) is 0 Å². The number of imidazole rings is 1.